The van der Waals surface area contributed by atoms with Gasteiger partial charge in [0, 0.05) is 35.3 Å². The van der Waals surface area contributed by atoms with Crippen LogP contribution in [0, 0.1) is 5.92 Å². The Morgan fingerprint density at radius 1 is 1.35 bits per heavy atom. The van der Waals surface area contributed by atoms with Gasteiger partial charge in [-0.15, -0.1) is 11.8 Å². The zero-order chi connectivity index (χ0) is 16.6. The van der Waals surface area contributed by atoms with Gasteiger partial charge in [-0.2, -0.15) is 0 Å². The summed E-state index contributed by atoms with van der Waals surface area (Å²) in [5, 5.41) is 0.602. The van der Waals surface area contributed by atoms with Gasteiger partial charge in [-0.1, -0.05) is 11.6 Å². The van der Waals surface area contributed by atoms with Crippen LogP contribution in [0.3, 0.4) is 0 Å². The Bertz CT molecular complexity index is 723. The van der Waals surface area contributed by atoms with Crippen LogP contribution in [0.4, 0.5) is 5.69 Å². The highest BCUT2D eigenvalue weighted by Gasteiger charge is 2.34. The molecule has 0 spiro atoms. The van der Waals surface area contributed by atoms with Gasteiger partial charge >= 0.3 is 0 Å². The van der Waals surface area contributed by atoms with E-state index in [1.54, 1.807) is 16.7 Å². The smallest absolute Gasteiger partial charge is 0.231 e. The van der Waals surface area contributed by atoms with Crippen LogP contribution in [0.5, 0.6) is 0 Å². The molecule has 5 nitrogen and oxygen atoms in total. The van der Waals surface area contributed by atoms with Crippen LogP contribution >= 0.6 is 23.4 Å². The molecular formula is C15H19ClN2O3S2. The number of rotatable bonds is 2. The molecule has 0 unspecified atom stereocenters. The van der Waals surface area contributed by atoms with Gasteiger partial charge in [-0.3, -0.25) is 4.79 Å². The minimum Gasteiger partial charge on any atom is -0.310 e. The second kappa shape index (κ2) is 6.63. The number of amides is 1. The lowest BCUT2D eigenvalue weighted by Gasteiger charge is -2.36. The zero-order valence-electron chi connectivity index (χ0n) is 12.9. The van der Waals surface area contributed by atoms with E-state index in [9.17, 15) is 13.2 Å². The summed E-state index contributed by atoms with van der Waals surface area (Å²) in [4.78, 5) is 15.8. The predicted molar refractivity (Wildman–Crippen MR) is 93.7 cm³/mol. The number of nitrogens with zero attached hydrogens (tertiary/aromatic N) is 2. The monoisotopic (exact) mass is 374 g/mol. The molecule has 0 radical (unpaired) electrons. The van der Waals surface area contributed by atoms with Crippen LogP contribution in [0.2, 0.25) is 5.02 Å². The van der Waals surface area contributed by atoms with E-state index in [1.165, 1.54) is 10.6 Å². The molecule has 0 N–H and O–H groups in total. The molecule has 2 aliphatic heterocycles. The van der Waals surface area contributed by atoms with Crippen molar-refractivity contribution < 1.29 is 13.2 Å². The molecular weight excluding hydrogens is 356 g/mol. The Labute approximate surface area is 146 Å². The van der Waals surface area contributed by atoms with Gasteiger partial charge < -0.3 is 4.90 Å². The first-order valence-corrected chi connectivity index (χ1v) is 10.8. The SMILES string of the molecule is CS(=O)(=O)N1CCC[C@H](C(=O)N2CCSc3ccc(Cl)cc32)C1. The van der Waals surface area contributed by atoms with Crippen molar-refractivity contribution in [2.45, 2.75) is 17.7 Å². The van der Waals surface area contributed by atoms with Crippen molar-refractivity contribution in [1.82, 2.24) is 4.31 Å². The summed E-state index contributed by atoms with van der Waals surface area (Å²) in [6.07, 6.45) is 2.64. The van der Waals surface area contributed by atoms with E-state index in [-0.39, 0.29) is 18.4 Å². The summed E-state index contributed by atoms with van der Waals surface area (Å²) < 4.78 is 24.9. The van der Waals surface area contributed by atoms with Crippen molar-refractivity contribution in [3.05, 3.63) is 23.2 Å². The lowest BCUT2D eigenvalue weighted by molar-refractivity contribution is -0.123. The second-order valence-electron chi connectivity index (χ2n) is 5.91. The molecule has 0 aliphatic carbocycles. The molecule has 1 fully saturated rings. The summed E-state index contributed by atoms with van der Waals surface area (Å²) in [5.74, 6) is 0.554. The van der Waals surface area contributed by atoms with Gasteiger partial charge in [0.15, 0.2) is 0 Å². The Balaban J connectivity index is 1.83. The summed E-state index contributed by atoms with van der Waals surface area (Å²) in [6, 6.07) is 5.58. The molecule has 1 saturated heterocycles. The number of sulfonamides is 1. The fraction of sp³-hybridized carbons (Fsp3) is 0.533. The van der Waals surface area contributed by atoms with Crippen molar-refractivity contribution in [2.75, 3.05) is 36.5 Å². The number of halogens is 1. The normalized spacial score (nSPS) is 22.7. The fourth-order valence-electron chi connectivity index (χ4n) is 3.09. The average Bonchev–Trinajstić information content (AvgIpc) is 2.53. The summed E-state index contributed by atoms with van der Waals surface area (Å²) in [6.45, 7) is 1.41. The van der Waals surface area contributed by atoms with E-state index in [2.05, 4.69) is 0 Å². The molecule has 0 aromatic heterocycles. The van der Waals surface area contributed by atoms with E-state index in [4.69, 9.17) is 11.6 Å². The first-order chi connectivity index (χ1) is 10.9. The maximum absolute atomic E-state index is 13.0. The lowest BCUT2D eigenvalue weighted by atomic mass is 9.97. The van der Waals surface area contributed by atoms with Crippen LogP contribution in [-0.4, -0.2) is 50.3 Å². The fourth-order valence-corrected chi connectivity index (χ4v) is 5.14. The Hall–Kier alpha value is -0.760. The first-order valence-electron chi connectivity index (χ1n) is 7.55. The van der Waals surface area contributed by atoms with Crippen molar-refractivity contribution >= 4 is 45.0 Å². The quantitative estimate of drug-likeness (QED) is 0.797. The molecule has 2 aliphatic rings. The second-order valence-corrected chi connectivity index (χ2v) is 9.47. The minimum absolute atomic E-state index is 0.00201. The highest BCUT2D eigenvalue weighted by atomic mass is 35.5. The lowest BCUT2D eigenvalue weighted by Crippen LogP contribution is -2.47. The van der Waals surface area contributed by atoms with Gasteiger partial charge in [0.25, 0.3) is 0 Å². The van der Waals surface area contributed by atoms with Gasteiger partial charge in [0.2, 0.25) is 15.9 Å². The van der Waals surface area contributed by atoms with Gasteiger partial charge in [0.1, 0.15) is 0 Å². The van der Waals surface area contributed by atoms with E-state index < -0.39 is 10.0 Å². The first kappa shape index (κ1) is 17.1. The zero-order valence-corrected chi connectivity index (χ0v) is 15.3. The van der Waals surface area contributed by atoms with Crippen molar-refractivity contribution in [3.8, 4) is 0 Å². The Kier molecular flexibility index (Phi) is 4.92. The molecule has 1 aromatic carbocycles. The van der Waals surface area contributed by atoms with Crippen LogP contribution in [-0.2, 0) is 14.8 Å². The topological polar surface area (TPSA) is 57.7 Å². The number of anilines is 1. The molecule has 0 bridgehead atoms. The highest BCUT2D eigenvalue weighted by molar-refractivity contribution is 7.99. The third-order valence-corrected chi connectivity index (χ3v) is 6.80. The average molecular weight is 375 g/mol. The maximum atomic E-state index is 13.0. The molecule has 8 heteroatoms. The molecule has 1 aromatic rings. The number of hydrogen-bond donors (Lipinski definition) is 0. The molecule has 3 rings (SSSR count). The van der Waals surface area contributed by atoms with Crippen molar-refractivity contribution in [1.29, 1.82) is 0 Å². The van der Waals surface area contributed by atoms with Gasteiger partial charge in [-0.25, -0.2) is 12.7 Å². The largest absolute Gasteiger partial charge is 0.310 e. The number of piperidine rings is 1. The molecule has 2 heterocycles. The van der Waals surface area contributed by atoms with Crippen LogP contribution in [0.25, 0.3) is 0 Å². The standard InChI is InChI=1S/C15H19ClN2O3S2/c1-23(20,21)17-6-2-3-11(10-17)15(19)18-7-8-22-14-5-4-12(16)9-13(14)18/h4-5,9,11H,2-3,6-8,10H2,1H3/t11-/m0/s1. The van der Waals surface area contributed by atoms with Crippen LogP contribution < -0.4 is 4.90 Å². The summed E-state index contributed by atoms with van der Waals surface area (Å²) in [5.41, 5.74) is 0.843. The van der Waals surface area contributed by atoms with Gasteiger partial charge in [-0.05, 0) is 31.0 Å². The molecule has 1 atom stereocenters. The molecule has 126 valence electrons. The van der Waals surface area contributed by atoms with E-state index in [0.29, 0.717) is 24.5 Å². The Morgan fingerprint density at radius 2 is 2.13 bits per heavy atom. The van der Waals surface area contributed by atoms with E-state index >= 15 is 0 Å². The highest BCUT2D eigenvalue weighted by Crippen LogP contribution is 2.37. The van der Waals surface area contributed by atoms with Crippen LogP contribution in [0.15, 0.2) is 23.1 Å². The minimum atomic E-state index is -3.25. The third-order valence-electron chi connectivity index (χ3n) is 4.25. The molecule has 23 heavy (non-hydrogen) atoms. The van der Waals surface area contributed by atoms with Crippen molar-refractivity contribution in [2.24, 2.45) is 5.92 Å². The number of hydrogen-bond acceptors (Lipinski definition) is 4. The van der Waals surface area contributed by atoms with Crippen molar-refractivity contribution in [3.63, 3.8) is 0 Å². The predicted octanol–water partition coefficient (Wildman–Crippen LogP) is 2.45. The van der Waals surface area contributed by atoms with E-state index in [0.717, 1.165) is 22.8 Å². The number of fused-ring (bicyclic) bond motifs is 1. The number of thioether (sulfide) groups is 1. The van der Waals surface area contributed by atoms with Gasteiger partial charge in [0.05, 0.1) is 17.9 Å². The number of carbonyl (C=O) groups excluding carboxylic acids is 1. The van der Waals surface area contributed by atoms with E-state index in [1.807, 2.05) is 18.2 Å². The number of benzene rings is 1. The summed E-state index contributed by atoms with van der Waals surface area (Å²) in [7, 11) is -3.25. The Morgan fingerprint density at radius 3 is 2.87 bits per heavy atom. The van der Waals surface area contributed by atoms with Crippen LogP contribution in [0.1, 0.15) is 12.8 Å². The summed E-state index contributed by atoms with van der Waals surface area (Å²) >= 11 is 7.79. The number of carbonyl (C=O) groups is 1. The maximum Gasteiger partial charge on any atom is 0.231 e. The molecule has 1 amide bonds. The third kappa shape index (κ3) is 3.68. The molecule has 0 saturated carbocycles.